The maximum absolute atomic E-state index is 10.8. The van der Waals surface area contributed by atoms with Crippen LogP contribution in [-0.2, 0) is 15.6 Å². The fraction of sp³-hybridized carbons (Fsp3) is 0.857. The van der Waals surface area contributed by atoms with Gasteiger partial charge in [-0.25, -0.2) is 0 Å². The Labute approximate surface area is 75.4 Å². The van der Waals surface area contributed by atoms with Crippen LogP contribution in [0.25, 0.3) is 0 Å². The van der Waals surface area contributed by atoms with Gasteiger partial charge in [-0.3, -0.25) is 9.00 Å². The first-order valence-corrected chi connectivity index (χ1v) is 5.63. The fourth-order valence-electron chi connectivity index (χ4n) is 0.875. The summed E-state index contributed by atoms with van der Waals surface area (Å²) >= 11 is 0. The summed E-state index contributed by atoms with van der Waals surface area (Å²) in [6, 6.07) is -0.334. The Morgan fingerprint density at radius 3 is 2.58 bits per heavy atom. The van der Waals surface area contributed by atoms with Crippen molar-refractivity contribution in [3.05, 3.63) is 0 Å². The highest BCUT2D eigenvalue weighted by Crippen LogP contribution is 1.92. The molecule has 0 saturated heterocycles. The number of hydrogen-bond donors (Lipinski definition) is 2. The van der Waals surface area contributed by atoms with Crippen LogP contribution in [0.1, 0.15) is 13.3 Å². The number of carbonyl (C=O) groups excluding carboxylic acids is 1. The molecule has 0 fully saturated rings. The molecule has 0 aliphatic carbocycles. The first kappa shape index (κ1) is 11.6. The van der Waals surface area contributed by atoms with Crippen molar-refractivity contribution in [1.82, 2.24) is 5.32 Å². The van der Waals surface area contributed by atoms with Gasteiger partial charge >= 0.3 is 0 Å². The first-order chi connectivity index (χ1) is 5.57. The average molecular weight is 192 g/mol. The van der Waals surface area contributed by atoms with Crippen LogP contribution in [-0.4, -0.2) is 34.7 Å². The average Bonchev–Trinajstić information content (AvgIpc) is 1.96. The van der Waals surface area contributed by atoms with Crippen molar-refractivity contribution in [1.29, 1.82) is 0 Å². The standard InChI is InChI=1S/C7H16N2O2S/c1-3-9-6(7(8)10)4-5-12(2)11/h6,9H,3-5H2,1-2H3,(H2,8,10)/t6-,12?/m0/s1. The zero-order valence-electron chi connectivity index (χ0n) is 7.50. The third-order valence-electron chi connectivity index (χ3n) is 1.49. The fourth-order valence-corrected chi connectivity index (χ4v) is 1.44. The topological polar surface area (TPSA) is 72.2 Å². The van der Waals surface area contributed by atoms with Crippen LogP contribution >= 0.6 is 0 Å². The molecule has 0 bridgehead atoms. The summed E-state index contributed by atoms with van der Waals surface area (Å²) in [5.41, 5.74) is 5.11. The van der Waals surface area contributed by atoms with Crippen molar-refractivity contribution in [2.45, 2.75) is 19.4 Å². The maximum atomic E-state index is 10.8. The Kier molecular flexibility index (Phi) is 5.92. The third-order valence-corrected chi connectivity index (χ3v) is 2.30. The Bertz CT molecular complexity index is 173. The lowest BCUT2D eigenvalue weighted by atomic mass is 10.2. The number of nitrogens with one attached hydrogen (secondary N) is 1. The van der Waals surface area contributed by atoms with Crippen molar-refractivity contribution in [3.8, 4) is 0 Å². The van der Waals surface area contributed by atoms with Crippen LogP contribution < -0.4 is 11.1 Å². The molecule has 0 radical (unpaired) electrons. The van der Waals surface area contributed by atoms with E-state index in [1.54, 1.807) is 6.26 Å². The molecule has 4 nitrogen and oxygen atoms in total. The lowest BCUT2D eigenvalue weighted by Crippen LogP contribution is -2.41. The summed E-state index contributed by atoms with van der Waals surface area (Å²) in [4.78, 5) is 10.8. The molecule has 3 N–H and O–H groups in total. The number of amides is 1. The molecule has 0 rings (SSSR count). The second-order valence-corrected chi connectivity index (χ2v) is 4.13. The molecule has 0 heterocycles. The quantitative estimate of drug-likeness (QED) is 0.580. The molecule has 0 aromatic heterocycles. The number of likely N-dealkylation sites (N-methyl/N-ethyl adjacent to an activating group) is 1. The van der Waals surface area contributed by atoms with Crippen LogP contribution in [0.4, 0.5) is 0 Å². The van der Waals surface area contributed by atoms with Gasteiger partial charge in [0.25, 0.3) is 0 Å². The minimum absolute atomic E-state index is 0.334. The Hall–Kier alpha value is -0.420. The van der Waals surface area contributed by atoms with Gasteiger partial charge < -0.3 is 11.1 Å². The van der Waals surface area contributed by atoms with Crippen molar-refractivity contribution >= 4 is 16.7 Å². The van der Waals surface area contributed by atoms with Crippen LogP contribution in [0.5, 0.6) is 0 Å². The second-order valence-electron chi connectivity index (χ2n) is 2.58. The summed E-state index contributed by atoms with van der Waals surface area (Å²) < 4.78 is 10.7. The highest BCUT2D eigenvalue weighted by Gasteiger charge is 2.13. The molecule has 72 valence electrons. The SMILES string of the molecule is CCN[C@@H](CCS(C)=O)C(N)=O. The van der Waals surface area contributed by atoms with E-state index in [2.05, 4.69) is 5.32 Å². The lowest BCUT2D eigenvalue weighted by molar-refractivity contribution is -0.120. The van der Waals surface area contributed by atoms with Gasteiger partial charge in [-0.15, -0.1) is 0 Å². The number of primary amides is 1. The predicted molar refractivity (Wildman–Crippen MR) is 50.2 cm³/mol. The van der Waals surface area contributed by atoms with Crippen molar-refractivity contribution in [2.75, 3.05) is 18.6 Å². The highest BCUT2D eigenvalue weighted by atomic mass is 32.2. The Morgan fingerprint density at radius 1 is 1.67 bits per heavy atom. The number of nitrogens with two attached hydrogens (primary N) is 1. The third kappa shape index (κ3) is 5.26. The van der Waals surface area contributed by atoms with Gasteiger partial charge in [0.2, 0.25) is 5.91 Å². The molecule has 0 aromatic rings. The molecule has 0 aliphatic heterocycles. The van der Waals surface area contributed by atoms with Crippen LogP contribution in [0.3, 0.4) is 0 Å². The van der Waals surface area contributed by atoms with Crippen molar-refractivity contribution in [2.24, 2.45) is 5.73 Å². The van der Waals surface area contributed by atoms with E-state index in [4.69, 9.17) is 5.73 Å². The van der Waals surface area contributed by atoms with Crippen LogP contribution in [0.15, 0.2) is 0 Å². The second kappa shape index (κ2) is 6.14. The Balaban J connectivity index is 3.79. The molecule has 2 atom stereocenters. The normalized spacial score (nSPS) is 15.5. The predicted octanol–water partition coefficient (Wildman–Crippen LogP) is -0.782. The first-order valence-electron chi connectivity index (χ1n) is 3.90. The molecule has 0 aliphatic rings. The molecule has 0 saturated carbocycles. The summed E-state index contributed by atoms with van der Waals surface area (Å²) in [6.07, 6.45) is 2.16. The molecule has 1 amide bonds. The van der Waals surface area contributed by atoms with Gasteiger partial charge in [-0.2, -0.15) is 0 Å². The van der Waals surface area contributed by atoms with E-state index in [1.165, 1.54) is 0 Å². The van der Waals surface area contributed by atoms with E-state index in [0.29, 0.717) is 18.7 Å². The number of carbonyl (C=O) groups is 1. The van der Waals surface area contributed by atoms with Gasteiger partial charge in [0.05, 0.1) is 6.04 Å². The van der Waals surface area contributed by atoms with Crippen molar-refractivity contribution in [3.63, 3.8) is 0 Å². The van der Waals surface area contributed by atoms with Gasteiger partial charge in [0, 0.05) is 22.8 Å². The molecular weight excluding hydrogens is 176 g/mol. The monoisotopic (exact) mass is 192 g/mol. The number of rotatable bonds is 6. The van der Waals surface area contributed by atoms with E-state index < -0.39 is 10.8 Å². The summed E-state index contributed by atoms with van der Waals surface area (Å²) in [7, 11) is -0.854. The minimum atomic E-state index is -0.854. The van der Waals surface area contributed by atoms with E-state index in [-0.39, 0.29) is 11.9 Å². The van der Waals surface area contributed by atoms with Gasteiger partial charge in [0.15, 0.2) is 0 Å². The molecule has 5 heteroatoms. The lowest BCUT2D eigenvalue weighted by Gasteiger charge is -2.12. The molecule has 12 heavy (non-hydrogen) atoms. The van der Waals surface area contributed by atoms with Crippen LogP contribution in [0, 0.1) is 0 Å². The van der Waals surface area contributed by atoms with E-state index in [0.717, 1.165) is 0 Å². The minimum Gasteiger partial charge on any atom is -0.368 e. The van der Waals surface area contributed by atoms with Gasteiger partial charge in [-0.1, -0.05) is 6.92 Å². The number of hydrogen-bond acceptors (Lipinski definition) is 3. The molecule has 1 unspecified atom stereocenters. The molecule has 0 spiro atoms. The van der Waals surface area contributed by atoms with Crippen LogP contribution in [0.2, 0.25) is 0 Å². The van der Waals surface area contributed by atoms with E-state index >= 15 is 0 Å². The molecular formula is C7H16N2O2S. The zero-order chi connectivity index (χ0) is 9.56. The summed E-state index contributed by atoms with van der Waals surface area (Å²) in [5, 5.41) is 2.93. The summed E-state index contributed by atoms with van der Waals surface area (Å²) in [6.45, 7) is 2.60. The smallest absolute Gasteiger partial charge is 0.234 e. The Morgan fingerprint density at radius 2 is 2.25 bits per heavy atom. The van der Waals surface area contributed by atoms with Gasteiger partial charge in [0.1, 0.15) is 0 Å². The van der Waals surface area contributed by atoms with Crippen molar-refractivity contribution < 1.29 is 9.00 Å². The zero-order valence-corrected chi connectivity index (χ0v) is 8.32. The van der Waals surface area contributed by atoms with E-state index in [1.807, 2.05) is 6.92 Å². The largest absolute Gasteiger partial charge is 0.368 e. The van der Waals surface area contributed by atoms with E-state index in [9.17, 15) is 9.00 Å². The molecule has 0 aromatic carbocycles. The highest BCUT2D eigenvalue weighted by molar-refractivity contribution is 7.84. The summed E-state index contributed by atoms with van der Waals surface area (Å²) in [5.74, 6) is 0.142. The van der Waals surface area contributed by atoms with Gasteiger partial charge in [-0.05, 0) is 13.0 Å². The maximum Gasteiger partial charge on any atom is 0.234 e.